The highest BCUT2D eigenvalue weighted by atomic mass is 16.5. The normalized spacial score (nSPS) is 19.8. The van der Waals surface area contributed by atoms with E-state index in [1.807, 2.05) is 23.1 Å². The second kappa shape index (κ2) is 10.5. The first-order valence-corrected chi connectivity index (χ1v) is 13.0. The summed E-state index contributed by atoms with van der Waals surface area (Å²) in [6.07, 6.45) is 8.70. The summed E-state index contributed by atoms with van der Waals surface area (Å²) in [5, 5.41) is 14.9. The molecule has 1 fully saturated rings. The highest BCUT2D eigenvalue weighted by Crippen LogP contribution is 2.41. The predicted octanol–water partition coefficient (Wildman–Crippen LogP) is 5.07. The van der Waals surface area contributed by atoms with Crippen molar-refractivity contribution in [2.24, 2.45) is 11.8 Å². The van der Waals surface area contributed by atoms with Gasteiger partial charge in [0.2, 0.25) is 11.8 Å². The lowest BCUT2D eigenvalue weighted by Gasteiger charge is -2.15. The second-order valence-electron chi connectivity index (χ2n) is 10.0. The first-order chi connectivity index (χ1) is 19.0. The molecule has 8 heteroatoms. The number of allylic oxidation sites excluding steroid dienone is 1. The molecule has 0 bridgehead atoms. The topological polar surface area (TPSA) is 107 Å². The molecule has 39 heavy (non-hydrogen) atoms. The van der Waals surface area contributed by atoms with Gasteiger partial charge in [0.15, 0.2) is 5.82 Å². The summed E-state index contributed by atoms with van der Waals surface area (Å²) in [5.41, 5.74) is 4.66. The Balaban J connectivity index is 1.05. The minimum Gasteiger partial charge on any atom is -0.457 e. The smallest absolute Gasteiger partial charge is 0.246 e. The lowest BCUT2D eigenvalue weighted by molar-refractivity contribution is -0.125. The van der Waals surface area contributed by atoms with E-state index in [1.165, 1.54) is 11.1 Å². The third kappa shape index (κ3) is 5.39. The summed E-state index contributed by atoms with van der Waals surface area (Å²) in [4.78, 5) is 30.8. The molecule has 2 N–H and O–H groups in total. The van der Waals surface area contributed by atoms with Gasteiger partial charge in [-0.15, -0.1) is 0 Å². The number of carbonyl (C=O) groups excluding carboxylic acids is 2. The summed E-state index contributed by atoms with van der Waals surface area (Å²) in [5.74, 6) is 2.68. The number of anilines is 2. The van der Waals surface area contributed by atoms with Crippen LogP contribution in [0, 0.1) is 23.2 Å². The lowest BCUT2D eigenvalue weighted by Crippen LogP contribution is -2.27. The van der Waals surface area contributed by atoms with E-state index in [9.17, 15) is 9.59 Å². The van der Waals surface area contributed by atoms with Gasteiger partial charge in [0.1, 0.15) is 11.5 Å². The first kappa shape index (κ1) is 24.4. The Labute approximate surface area is 226 Å². The standard InChI is InChI=1S/C31H27N5O3/c32-16-20-1-6-26(7-2-20)39-27-8-4-22(5-9-27)23-14-24-18-36(19-25(24)15-23)30(38)10-3-21-13-28-31(34-17-21)35-29(37)11-12-33-28/h1-10,13-14,17,24-25,33H,11-12,15,18-19H2,(H,34,35,37)/b10-3+/t24-,25+/m1/s1. The van der Waals surface area contributed by atoms with Crippen molar-refractivity contribution >= 4 is 35.0 Å². The number of amides is 2. The zero-order chi connectivity index (χ0) is 26.8. The van der Waals surface area contributed by atoms with E-state index in [0.717, 1.165) is 30.0 Å². The number of pyridine rings is 1. The van der Waals surface area contributed by atoms with E-state index >= 15 is 0 Å². The average Bonchev–Trinajstić information content (AvgIpc) is 3.48. The molecule has 6 rings (SSSR count). The maximum absolute atomic E-state index is 12.9. The maximum Gasteiger partial charge on any atom is 0.246 e. The molecule has 1 aliphatic carbocycles. The fourth-order valence-electron chi connectivity index (χ4n) is 5.36. The number of nitrogens with one attached hydrogen (secondary N) is 2. The summed E-state index contributed by atoms with van der Waals surface area (Å²) in [6.45, 7) is 2.01. The third-order valence-corrected chi connectivity index (χ3v) is 7.40. The van der Waals surface area contributed by atoms with E-state index in [4.69, 9.17) is 10.00 Å². The minimum absolute atomic E-state index is 0.000130. The Kier molecular flexibility index (Phi) is 6.55. The van der Waals surface area contributed by atoms with E-state index < -0.39 is 0 Å². The quantitative estimate of drug-likeness (QED) is 0.458. The summed E-state index contributed by atoms with van der Waals surface area (Å²) >= 11 is 0. The third-order valence-electron chi connectivity index (χ3n) is 7.40. The molecule has 2 atom stereocenters. The second-order valence-corrected chi connectivity index (χ2v) is 10.0. The molecule has 2 aliphatic heterocycles. The van der Waals surface area contributed by atoms with Crippen molar-refractivity contribution in [2.75, 3.05) is 30.3 Å². The number of fused-ring (bicyclic) bond motifs is 2. The number of nitrogens with zero attached hydrogens (tertiary/aromatic N) is 3. The van der Waals surface area contributed by atoms with Gasteiger partial charge in [-0.2, -0.15) is 5.26 Å². The van der Waals surface area contributed by atoms with Crippen LogP contribution >= 0.6 is 0 Å². The molecule has 3 aliphatic rings. The molecular weight excluding hydrogens is 490 g/mol. The van der Waals surface area contributed by atoms with Crippen LogP contribution in [-0.4, -0.2) is 41.3 Å². The number of benzene rings is 2. The van der Waals surface area contributed by atoms with Crippen LogP contribution in [0.1, 0.15) is 29.5 Å². The van der Waals surface area contributed by atoms with E-state index in [2.05, 4.69) is 39.9 Å². The van der Waals surface area contributed by atoms with Crippen molar-refractivity contribution in [3.05, 3.63) is 89.6 Å². The number of aromatic nitrogens is 1. The average molecular weight is 518 g/mol. The maximum atomic E-state index is 12.9. The molecule has 8 nitrogen and oxygen atoms in total. The Hall–Kier alpha value is -4.90. The van der Waals surface area contributed by atoms with Crippen LogP contribution in [0.15, 0.2) is 72.9 Å². The van der Waals surface area contributed by atoms with Crippen molar-refractivity contribution in [1.29, 1.82) is 5.26 Å². The molecule has 3 aromatic rings. The Bertz CT molecular complexity index is 1520. The van der Waals surface area contributed by atoms with Crippen molar-refractivity contribution in [1.82, 2.24) is 9.88 Å². The van der Waals surface area contributed by atoms with E-state index in [0.29, 0.717) is 48.5 Å². The molecule has 0 spiro atoms. The summed E-state index contributed by atoms with van der Waals surface area (Å²) < 4.78 is 5.90. The van der Waals surface area contributed by atoms with Gasteiger partial charge >= 0.3 is 0 Å². The Morgan fingerprint density at radius 2 is 1.87 bits per heavy atom. The van der Waals surface area contributed by atoms with Crippen LogP contribution < -0.4 is 15.4 Å². The number of hydrogen-bond acceptors (Lipinski definition) is 6. The molecule has 1 saturated heterocycles. The van der Waals surface area contributed by atoms with E-state index in [1.54, 1.807) is 42.6 Å². The molecule has 0 radical (unpaired) electrons. The van der Waals surface area contributed by atoms with Gasteiger partial charge < -0.3 is 20.3 Å². The highest BCUT2D eigenvalue weighted by Gasteiger charge is 2.37. The number of carbonyl (C=O) groups is 2. The van der Waals surface area contributed by atoms with Gasteiger partial charge in [-0.05, 0) is 83.5 Å². The molecule has 2 aromatic carbocycles. The fourth-order valence-corrected chi connectivity index (χ4v) is 5.36. The summed E-state index contributed by atoms with van der Waals surface area (Å²) in [7, 11) is 0. The van der Waals surface area contributed by atoms with Crippen LogP contribution in [-0.2, 0) is 9.59 Å². The number of nitriles is 1. The molecule has 1 aromatic heterocycles. The number of likely N-dealkylation sites (tertiary alicyclic amines) is 1. The zero-order valence-corrected chi connectivity index (χ0v) is 21.3. The largest absolute Gasteiger partial charge is 0.457 e. The molecule has 3 heterocycles. The van der Waals surface area contributed by atoms with Crippen molar-refractivity contribution < 1.29 is 14.3 Å². The number of hydrogen-bond donors (Lipinski definition) is 2. The van der Waals surface area contributed by atoms with Crippen LogP contribution in [0.2, 0.25) is 0 Å². The van der Waals surface area contributed by atoms with Gasteiger partial charge in [0.25, 0.3) is 0 Å². The van der Waals surface area contributed by atoms with Gasteiger partial charge in [0, 0.05) is 38.3 Å². The fraction of sp³-hybridized carbons (Fsp3) is 0.226. The lowest BCUT2D eigenvalue weighted by atomic mass is 9.98. The monoisotopic (exact) mass is 517 g/mol. The number of ether oxygens (including phenoxy) is 1. The van der Waals surface area contributed by atoms with Crippen LogP contribution in [0.3, 0.4) is 0 Å². The molecule has 194 valence electrons. The van der Waals surface area contributed by atoms with Gasteiger partial charge in [-0.1, -0.05) is 18.2 Å². The highest BCUT2D eigenvalue weighted by molar-refractivity contribution is 5.95. The van der Waals surface area contributed by atoms with E-state index in [-0.39, 0.29) is 11.8 Å². The first-order valence-electron chi connectivity index (χ1n) is 13.0. The van der Waals surface area contributed by atoms with Crippen LogP contribution in [0.4, 0.5) is 11.5 Å². The zero-order valence-electron chi connectivity index (χ0n) is 21.3. The molecule has 2 amide bonds. The van der Waals surface area contributed by atoms with Gasteiger partial charge in [0.05, 0.1) is 17.3 Å². The molecule has 0 unspecified atom stereocenters. The van der Waals surface area contributed by atoms with Crippen molar-refractivity contribution in [2.45, 2.75) is 12.8 Å². The summed E-state index contributed by atoms with van der Waals surface area (Å²) in [6, 6.07) is 19.1. The molecular formula is C31H27N5O3. The van der Waals surface area contributed by atoms with Gasteiger partial charge in [-0.3, -0.25) is 9.59 Å². The van der Waals surface area contributed by atoms with Crippen molar-refractivity contribution in [3.63, 3.8) is 0 Å². The van der Waals surface area contributed by atoms with Crippen LogP contribution in [0.25, 0.3) is 11.6 Å². The molecule has 0 saturated carbocycles. The Morgan fingerprint density at radius 3 is 2.62 bits per heavy atom. The predicted molar refractivity (Wildman–Crippen MR) is 149 cm³/mol. The Morgan fingerprint density at radius 1 is 1.10 bits per heavy atom. The van der Waals surface area contributed by atoms with Gasteiger partial charge in [-0.25, -0.2) is 4.98 Å². The minimum atomic E-state index is -0.0604. The number of rotatable bonds is 5. The SMILES string of the molecule is N#Cc1ccc(Oc2ccc(C3=C[C@@H]4CN(C(=O)/C=C/c5cnc6c(c5)NCCC(=O)N6)C[C@@H]4C3)cc2)cc1. The van der Waals surface area contributed by atoms with Crippen molar-refractivity contribution in [3.8, 4) is 17.6 Å². The van der Waals surface area contributed by atoms with Crippen LogP contribution in [0.5, 0.6) is 11.5 Å².